The molecule has 1 saturated heterocycles. The molecule has 2 aromatic carbocycles. The van der Waals surface area contributed by atoms with Crippen LogP contribution in [-0.4, -0.2) is 45.2 Å². The Kier molecular flexibility index (Phi) is 7.12. The van der Waals surface area contributed by atoms with Crippen LogP contribution in [0.3, 0.4) is 0 Å². The minimum Gasteiger partial charge on any atom is -0.465 e. The standard InChI is InChI=1S/C25H26ClF2NO4/c1-16-5-11-19(12-6-16)29-13-20(24(2,15-29)14-25(27,28)23(31)33-4)21(22(30)32-3)17-7-9-18(26)10-8-17/h5-12H,13-15H2,1-4H3/b21-20+. The third-order valence-corrected chi connectivity index (χ3v) is 6.19. The lowest BCUT2D eigenvalue weighted by Crippen LogP contribution is -2.38. The monoisotopic (exact) mass is 477 g/mol. The fourth-order valence-electron chi connectivity index (χ4n) is 4.28. The third kappa shape index (κ3) is 5.19. The van der Waals surface area contributed by atoms with Crippen molar-refractivity contribution in [2.24, 2.45) is 5.41 Å². The summed E-state index contributed by atoms with van der Waals surface area (Å²) in [7, 11) is 2.17. The number of carbonyl (C=O) groups is 2. The number of hydrogen-bond acceptors (Lipinski definition) is 5. The first-order chi connectivity index (χ1) is 15.5. The van der Waals surface area contributed by atoms with Gasteiger partial charge in [-0.2, -0.15) is 8.78 Å². The smallest absolute Gasteiger partial charge is 0.376 e. The molecule has 8 heteroatoms. The van der Waals surface area contributed by atoms with Crippen LogP contribution in [0.5, 0.6) is 0 Å². The van der Waals surface area contributed by atoms with Gasteiger partial charge in [-0.3, -0.25) is 0 Å². The first-order valence-electron chi connectivity index (χ1n) is 10.4. The van der Waals surface area contributed by atoms with E-state index < -0.39 is 29.7 Å². The Hall–Kier alpha value is -2.93. The van der Waals surface area contributed by atoms with Crippen LogP contribution in [-0.2, 0) is 19.1 Å². The lowest BCUT2D eigenvalue weighted by molar-refractivity contribution is -0.172. The minimum atomic E-state index is -3.74. The Morgan fingerprint density at radius 3 is 2.21 bits per heavy atom. The van der Waals surface area contributed by atoms with Crippen LogP contribution < -0.4 is 4.90 Å². The lowest BCUT2D eigenvalue weighted by atomic mass is 9.76. The summed E-state index contributed by atoms with van der Waals surface area (Å²) in [5.41, 5.74) is 1.80. The minimum absolute atomic E-state index is 0.173. The number of rotatable bonds is 6. The third-order valence-electron chi connectivity index (χ3n) is 5.94. The first kappa shape index (κ1) is 24.7. The predicted octanol–water partition coefficient (Wildman–Crippen LogP) is 5.30. The van der Waals surface area contributed by atoms with Crippen molar-refractivity contribution in [2.75, 3.05) is 32.2 Å². The van der Waals surface area contributed by atoms with E-state index >= 15 is 0 Å². The molecule has 1 atom stereocenters. The van der Waals surface area contributed by atoms with Gasteiger partial charge in [0, 0.05) is 35.6 Å². The summed E-state index contributed by atoms with van der Waals surface area (Å²) in [6.07, 6.45) is -0.821. The largest absolute Gasteiger partial charge is 0.465 e. The molecule has 0 aliphatic carbocycles. The maximum absolute atomic E-state index is 14.8. The van der Waals surface area contributed by atoms with E-state index in [4.69, 9.17) is 16.3 Å². The van der Waals surface area contributed by atoms with Gasteiger partial charge in [0.05, 0.1) is 19.8 Å². The van der Waals surface area contributed by atoms with Crippen molar-refractivity contribution in [1.82, 2.24) is 0 Å². The molecular formula is C25H26ClF2NO4. The fraction of sp³-hybridized carbons (Fsp3) is 0.360. The Balaban J connectivity index is 2.19. The van der Waals surface area contributed by atoms with Gasteiger partial charge in [0.2, 0.25) is 0 Å². The van der Waals surface area contributed by atoms with Crippen molar-refractivity contribution >= 4 is 34.8 Å². The van der Waals surface area contributed by atoms with E-state index in [0.29, 0.717) is 16.2 Å². The average Bonchev–Trinajstić information content (AvgIpc) is 3.10. The Bertz CT molecular complexity index is 1070. The molecule has 0 radical (unpaired) electrons. The highest BCUT2D eigenvalue weighted by Gasteiger charge is 2.52. The van der Waals surface area contributed by atoms with E-state index in [9.17, 15) is 18.4 Å². The van der Waals surface area contributed by atoms with Gasteiger partial charge in [-0.1, -0.05) is 48.4 Å². The number of anilines is 1. The normalized spacial score (nSPS) is 19.9. The van der Waals surface area contributed by atoms with Crippen molar-refractivity contribution in [3.8, 4) is 0 Å². The zero-order valence-electron chi connectivity index (χ0n) is 19.0. The number of carbonyl (C=O) groups excluding carboxylic acids is 2. The van der Waals surface area contributed by atoms with E-state index in [1.807, 2.05) is 36.1 Å². The molecule has 0 N–H and O–H groups in total. The molecule has 1 fully saturated rings. The summed E-state index contributed by atoms with van der Waals surface area (Å²) in [5.74, 6) is -5.99. The molecule has 1 heterocycles. The van der Waals surface area contributed by atoms with Gasteiger partial charge in [0.1, 0.15) is 0 Å². The molecule has 5 nitrogen and oxygen atoms in total. The van der Waals surface area contributed by atoms with E-state index in [1.165, 1.54) is 7.11 Å². The summed E-state index contributed by atoms with van der Waals surface area (Å²) in [5, 5.41) is 0.473. The average molecular weight is 478 g/mol. The van der Waals surface area contributed by atoms with Crippen molar-refractivity contribution in [3.05, 3.63) is 70.3 Å². The zero-order chi connectivity index (χ0) is 24.4. The molecule has 1 aliphatic heterocycles. The summed E-state index contributed by atoms with van der Waals surface area (Å²) in [4.78, 5) is 26.6. The number of methoxy groups -OCH3 is 2. The van der Waals surface area contributed by atoms with Crippen LogP contribution in [0.25, 0.3) is 5.57 Å². The van der Waals surface area contributed by atoms with E-state index in [2.05, 4.69) is 4.74 Å². The molecule has 3 rings (SSSR count). The quantitative estimate of drug-likeness (QED) is 0.417. The number of aryl methyl sites for hydroxylation is 1. The fourth-order valence-corrected chi connectivity index (χ4v) is 4.41. The number of alkyl halides is 2. The van der Waals surface area contributed by atoms with Gasteiger partial charge in [0.25, 0.3) is 0 Å². The maximum Gasteiger partial charge on any atom is 0.376 e. The highest BCUT2D eigenvalue weighted by molar-refractivity contribution is 6.30. The molecule has 0 saturated carbocycles. The number of esters is 2. The van der Waals surface area contributed by atoms with Gasteiger partial charge in [-0.25, -0.2) is 9.59 Å². The second-order valence-corrected chi connectivity index (χ2v) is 8.91. The number of benzene rings is 2. The van der Waals surface area contributed by atoms with Crippen LogP contribution in [0.1, 0.15) is 24.5 Å². The van der Waals surface area contributed by atoms with E-state index in [0.717, 1.165) is 18.4 Å². The van der Waals surface area contributed by atoms with Gasteiger partial charge in [-0.15, -0.1) is 0 Å². The molecule has 0 spiro atoms. The summed E-state index contributed by atoms with van der Waals surface area (Å²) >= 11 is 6.01. The van der Waals surface area contributed by atoms with Crippen LogP contribution in [0, 0.1) is 12.3 Å². The molecular weight excluding hydrogens is 452 g/mol. The lowest BCUT2D eigenvalue weighted by Gasteiger charge is -2.30. The predicted molar refractivity (Wildman–Crippen MR) is 123 cm³/mol. The van der Waals surface area contributed by atoms with E-state index in [1.54, 1.807) is 31.2 Å². The SMILES string of the molecule is COC(=O)/C(=C1\CN(c2ccc(C)cc2)CC1(C)CC(F)(F)C(=O)OC)c1ccc(Cl)cc1. The van der Waals surface area contributed by atoms with Crippen molar-refractivity contribution in [2.45, 2.75) is 26.2 Å². The summed E-state index contributed by atoms with van der Waals surface area (Å²) < 4.78 is 39.0. The molecule has 33 heavy (non-hydrogen) atoms. The second kappa shape index (κ2) is 9.51. The zero-order valence-corrected chi connectivity index (χ0v) is 19.7. The van der Waals surface area contributed by atoms with Gasteiger partial charge >= 0.3 is 17.9 Å². The second-order valence-electron chi connectivity index (χ2n) is 8.48. The number of ether oxygens (including phenoxy) is 2. The Morgan fingerprint density at radius 1 is 1.06 bits per heavy atom. The molecule has 1 aliphatic rings. The first-order valence-corrected chi connectivity index (χ1v) is 10.7. The molecule has 0 amide bonds. The summed E-state index contributed by atoms with van der Waals surface area (Å²) in [6, 6.07) is 14.2. The number of halogens is 3. The van der Waals surface area contributed by atoms with Gasteiger partial charge in [0.15, 0.2) is 0 Å². The van der Waals surface area contributed by atoms with Crippen LogP contribution in [0.4, 0.5) is 14.5 Å². The molecule has 1 unspecified atom stereocenters. The molecule has 0 bridgehead atoms. The highest BCUT2D eigenvalue weighted by Crippen LogP contribution is 2.48. The van der Waals surface area contributed by atoms with Crippen molar-refractivity contribution in [1.29, 1.82) is 0 Å². The maximum atomic E-state index is 14.8. The molecule has 0 aromatic heterocycles. The van der Waals surface area contributed by atoms with Crippen LogP contribution >= 0.6 is 11.6 Å². The number of hydrogen-bond donors (Lipinski definition) is 0. The Morgan fingerprint density at radius 2 is 1.67 bits per heavy atom. The van der Waals surface area contributed by atoms with E-state index in [-0.39, 0.29) is 18.7 Å². The Labute approximate surface area is 196 Å². The topological polar surface area (TPSA) is 55.8 Å². The molecule has 2 aromatic rings. The van der Waals surface area contributed by atoms with Crippen LogP contribution in [0.2, 0.25) is 5.02 Å². The van der Waals surface area contributed by atoms with Gasteiger partial charge < -0.3 is 14.4 Å². The van der Waals surface area contributed by atoms with Gasteiger partial charge in [-0.05, 0) is 42.3 Å². The summed E-state index contributed by atoms with van der Waals surface area (Å²) in [6.45, 7) is 3.97. The van der Waals surface area contributed by atoms with Crippen molar-refractivity contribution < 1.29 is 27.8 Å². The number of nitrogens with zero attached hydrogens (tertiary/aromatic N) is 1. The van der Waals surface area contributed by atoms with Crippen LogP contribution in [0.15, 0.2) is 54.1 Å². The molecule has 176 valence electrons. The van der Waals surface area contributed by atoms with Crippen molar-refractivity contribution in [3.63, 3.8) is 0 Å². The highest BCUT2D eigenvalue weighted by atomic mass is 35.5.